The largest absolute Gasteiger partial charge is 0.329 e. The number of aryl methyl sites for hydroxylation is 1. The van der Waals surface area contributed by atoms with E-state index in [2.05, 4.69) is 5.32 Å². The maximum Gasteiger partial charge on any atom is 0.233 e. The smallest absolute Gasteiger partial charge is 0.233 e. The summed E-state index contributed by atoms with van der Waals surface area (Å²) in [7, 11) is 0. The number of hydrogen-bond acceptors (Lipinski definition) is 2. The van der Waals surface area contributed by atoms with Crippen LogP contribution in [0.1, 0.15) is 17.0 Å². The SMILES string of the molecule is Cc1ccc(Cl)c(NC(=O)C(CN)c2ccccc2)c1Cl. The van der Waals surface area contributed by atoms with E-state index in [0.29, 0.717) is 15.7 Å². The summed E-state index contributed by atoms with van der Waals surface area (Å²) in [4.78, 5) is 12.5. The monoisotopic (exact) mass is 322 g/mol. The third-order valence-corrected chi connectivity index (χ3v) is 4.09. The highest BCUT2D eigenvalue weighted by molar-refractivity contribution is 6.40. The van der Waals surface area contributed by atoms with Crippen molar-refractivity contribution in [1.29, 1.82) is 0 Å². The summed E-state index contributed by atoms with van der Waals surface area (Å²) >= 11 is 12.3. The number of hydrogen-bond donors (Lipinski definition) is 2. The Hall–Kier alpha value is -1.55. The molecule has 110 valence electrons. The topological polar surface area (TPSA) is 55.1 Å². The van der Waals surface area contributed by atoms with Crippen LogP contribution in [0.25, 0.3) is 0 Å². The Morgan fingerprint density at radius 2 is 1.86 bits per heavy atom. The molecule has 0 saturated heterocycles. The van der Waals surface area contributed by atoms with Crippen LogP contribution in [0.2, 0.25) is 10.0 Å². The molecule has 3 N–H and O–H groups in total. The van der Waals surface area contributed by atoms with E-state index in [-0.39, 0.29) is 12.5 Å². The molecule has 0 bridgehead atoms. The van der Waals surface area contributed by atoms with Crippen LogP contribution < -0.4 is 11.1 Å². The van der Waals surface area contributed by atoms with E-state index in [0.717, 1.165) is 11.1 Å². The number of benzene rings is 2. The first-order chi connectivity index (χ1) is 10.0. The van der Waals surface area contributed by atoms with Crippen molar-refractivity contribution in [2.24, 2.45) is 5.73 Å². The molecule has 2 aromatic carbocycles. The molecule has 2 aromatic rings. The standard InChI is InChI=1S/C16H16Cl2N2O/c1-10-7-8-13(17)15(14(10)18)20-16(21)12(9-19)11-5-3-2-4-6-11/h2-8,12H,9,19H2,1H3,(H,20,21). The molecule has 0 spiro atoms. The van der Waals surface area contributed by atoms with Crippen LogP contribution in [0.15, 0.2) is 42.5 Å². The highest BCUT2D eigenvalue weighted by atomic mass is 35.5. The van der Waals surface area contributed by atoms with Crippen molar-refractivity contribution >= 4 is 34.8 Å². The van der Waals surface area contributed by atoms with E-state index < -0.39 is 5.92 Å². The van der Waals surface area contributed by atoms with Gasteiger partial charge in [0.15, 0.2) is 0 Å². The van der Waals surface area contributed by atoms with Crippen LogP contribution in [0.3, 0.4) is 0 Å². The summed E-state index contributed by atoms with van der Waals surface area (Å²) in [6.45, 7) is 2.06. The Morgan fingerprint density at radius 1 is 1.19 bits per heavy atom. The van der Waals surface area contributed by atoms with Crippen LogP contribution in [0.5, 0.6) is 0 Å². The molecule has 0 aliphatic rings. The predicted octanol–water partition coefficient (Wildman–Crippen LogP) is 3.98. The number of rotatable bonds is 4. The molecule has 21 heavy (non-hydrogen) atoms. The van der Waals surface area contributed by atoms with E-state index in [9.17, 15) is 4.79 Å². The summed E-state index contributed by atoms with van der Waals surface area (Å²) in [5, 5.41) is 3.64. The van der Waals surface area contributed by atoms with Gasteiger partial charge in [0.25, 0.3) is 0 Å². The van der Waals surface area contributed by atoms with Crippen LogP contribution in [-0.4, -0.2) is 12.5 Å². The second kappa shape index (κ2) is 6.94. The van der Waals surface area contributed by atoms with Crippen LogP contribution in [0.4, 0.5) is 5.69 Å². The van der Waals surface area contributed by atoms with Gasteiger partial charge in [-0.05, 0) is 24.1 Å². The fourth-order valence-corrected chi connectivity index (χ4v) is 2.53. The Labute approximate surface area is 134 Å². The van der Waals surface area contributed by atoms with Gasteiger partial charge < -0.3 is 11.1 Å². The average molecular weight is 323 g/mol. The first kappa shape index (κ1) is 15.8. The normalized spacial score (nSPS) is 12.0. The zero-order chi connectivity index (χ0) is 15.4. The van der Waals surface area contributed by atoms with Gasteiger partial charge in [-0.25, -0.2) is 0 Å². The van der Waals surface area contributed by atoms with Crippen LogP contribution in [0, 0.1) is 6.92 Å². The van der Waals surface area contributed by atoms with Crippen LogP contribution >= 0.6 is 23.2 Å². The number of amides is 1. The zero-order valence-electron chi connectivity index (χ0n) is 11.6. The van der Waals surface area contributed by atoms with Gasteiger partial charge in [-0.3, -0.25) is 4.79 Å². The van der Waals surface area contributed by atoms with Crippen molar-refractivity contribution in [1.82, 2.24) is 0 Å². The summed E-state index contributed by atoms with van der Waals surface area (Å²) < 4.78 is 0. The highest BCUT2D eigenvalue weighted by Crippen LogP contribution is 2.33. The number of anilines is 1. The Kier molecular flexibility index (Phi) is 5.23. The number of nitrogens with two attached hydrogens (primary N) is 1. The average Bonchev–Trinajstić information content (AvgIpc) is 2.49. The molecule has 0 aliphatic heterocycles. The second-order valence-corrected chi connectivity index (χ2v) is 5.53. The molecule has 5 heteroatoms. The van der Waals surface area contributed by atoms with Crippen LogP contribution in [-0.2, 0) is 4.79 Å². The second-order valence-electron chi connectivity index (χ2n) is 4.74. The molecule has 2 rings (SSSR count). The summed E-state index contributed by atoms with van der Waals surface area (Å²) in [6.07, 6.45) is 0. The summed E-state index contributed by atoms with van der Waals surface area (Å²) in [6, 6.07) is 12.9. The molecular formula is C16H16Cl2N2O. The summed E-state index contributed by atoms with van der Waals surface area (Å²) in [5.74, 6) is -0.669. The van der Waals surface area contributed by atoms with E-state index in [1.54, 1.807) is 12.1 Å². The Bertz CT molecular complexity index is 644. The van der Waals surface area contributed by atoms with Gasteiger partial charge in [0, 0.05) is 6.54 Å². The van der Waals surface area contributed by atoms with Gasteiger partial charge in [0.05, 0.1) is 21.7 Å². The van der Waals surface area contributed by atoms with Crippen molar-refractivity contribution in [3.8, 4) is 0 Å². The Balaban J connectivity index is 2.27. The molecule has 0 aromatic heterocycles. The van der Waals surface area contributed by atoms with Gasteiger partial charge in [0.2, 0.25) is 5.91 Å². The fourth-order valence-electron chi connectivity index (χ4n) is 2.06. The number of nitrogens with one attached hydrogen (secondary N) is 1. The lowest BCUT2D eigenvalue weighted by atomic mass is 9.98. The van der Waals surface area contributed by atoms with Crippen molar-refractivity contribution in [2.45, 2.75) is 12.8 Å². The Morgan fingerprint density at radius 3 is 2.48 bits per heavy atom. The number of halogens is 2. The molecule has 0 radical (unpaired) electrons. The van der Waals surface area contributed by atoms with E-state index in [1.165, 1.54) is 0 Å². The van der Waals surface area contributed by atoms with Gasteiger partial charge in [-0.15, -0.1) is 0 Å². The molecule has 1 unspecified atom stereocenters. The molecule has 1 atom stereocenters. The highest BCUT2D eigenvalue weighted by Gasteiger charge is 2.21. The third-order valence-electron chi connectivity index (χ3n) is 3.29. The molecule has 0 fully saturated rings. The first-order valence-corrected chi connectivity index (χ1v) is 7.30. The first-order valence-electron chi connectivity index (χ1n) is 6.55. The maximum atomic E-state index is 12.5. The van der Waals surface area contributed by atoms with Gasteiger partial charge in [0.1, 0.15) is 0 Å². The minimum atomic E-state index is -0.446. The molecule has 1 amide bonds. The number of carbonyl (C=O) groups is 1. The molecule has 0 heterocycles. The van der Waals surface area contributed by atoms with Crippen molar-refractivity contribution in [3.63, 3.8) is 0 Å². The molecule has 0 saturated carbocycles. The van der Waals surface area contributed by atoms with Gasteiger partial charge in [-0.1, -0.05) is 59.6 Å². The maximum absolute atomic E-state index is 12.5. The molecular weight excluding hydrogens is 307 g/mol. The van der Waals surface area contributed by atoms with Crippen molar-refractivity contribution in [3.05, 3.63) is 63.6 Å². The van der Waals surface area contributed by atoms with Gasteiger partial charge in [-0.2, -0.15) is 0 Å². The van der Waals surface area contributed by atoms with E-state index in [1.807, 2.05) is 37.3 Å². The van der Waals surface area contributed by atoms with E-state index >= 15 is 0 Å². The zero-order valence-corrected chi connectivity index (χ0v) is 13.1. The minimum Gasteiger partial charge on any atom is -0.329 e. The lowest BCUT2D eigenvalue weighted by Crippen LogP contribution is -2.27. The van der Waals surface area contributed by atoms with Crippen molar-refractivity contribution in [2.75, 3.05) is 11.9 Å². The third kappa shape index (κ3) is 3.56. The fraction of sp³-hybridized carbons (Fsp3) is 0.188. The van der Waals surface area contributed by atoms with E-state index in [4.69, 9.17) is 28.9 Å². The lowest BCUT2D eigenvalue weighted by Gasteiger charge is -2.17. The molecule has 0 aliphatic carbocycles. The van der Waals surface area contributed by atoms with Crippen molar-refractivity contribution < 1.29 is 4.79 Å². The van der Waals surface area contributed by atoms with Gasteiger partial charge >= 0.3 is 0 Å². The minimum absolute atomic E-state index is 0.205. The lowest BCUT2D eigenvalue weighted by molar-refractivity contribution is -0.117. The quantitative estimate of drug-likeness (QED) is 0.894. The summed E-state index contributed by atoms with van der Waals surface area (Å²) in [5.41, 5.74) is 7.87. The molecule has 3 nitrogen and oxygen atoms in total. The number of carbonyl (C=O) groups excluding carboxylic acids is 1. The predicted molar refractivity (Wildman–Crippen MR) is 88.1 cm³/mol.